The minimum absolute atomic E-state index is 0. The van der Waals surface area contributed by atoms with Crippen molar-refractivity contribution in [3.63, 3.8) is 0 Å². The molecule has 1 unspecified atom stereocenters. The van der Waals surface area contributed by atoms with Crippen LogP contribution in [0.3, 0.4) is 0 Å². The smallest absolute Gasteiger partial charge is 0.423 e. The molecule has 1 fully saturated rings. The van der Waals surface area contributed by atoms with Crippen molar-refractivity contribution in [3.8, 4) is 0 Å². The Balaban J connectivity index is 0.000000901. The molecular weight excluding hydrogens is 291 g/mol. The van der Waals surface area contributed by atoms with Gasteiger partial charge in [0, 0.05) is 24.2 Å². The van der Waals surface area contributed by atoms with Gasteiger partial charge < -0.3 is 9.68 Å². The van der Waals surface area contributed by atoms with E-state index in [2.05, 4.69) is 4.98 Å². The average molecular weight is 322 g/mol. The van der Waals surface area contributed by atoms with E-state index in [0.717, 1.165) is 23.9 Å². The summed E-state index contributed by atoms with van der Waals surface area (Å²) in [5, 5.41) is 9.67. The number of fused-ring (bicyclic) bond motifs is 1. The van der Waals surface area contributed by atoms with Gasteiger partial charge >= 0.3 is 7.12 Å². The number of carbonyl (C=O) groups excluding carboxylic acids is 1. The molecule has 1 atom stereocenters. The zero-order valence-electron chi connectivity index (χ0n) is 14.3. The third kappa shape index (κ3) is 4.55. The minimum Gasteiger partial charge on any atom is -0.423 e. The van der Waals surface area contributed by atoms with E-state index < -0.39 is 7.12 Å². The van der Waals surface area contributed by atoms with Crippen molar-refractivity contribution < 1.29 is 14.5 Å². The van der Waals surface area contributed by atoms with Gasteiger partial charge in [0.05, 0.1) is 6.61 Å². The number of hydrogen-bond donors (Lipinski definition) is 1. The first kappa shape index (κ1) is 21.6. The molecule has 1 aromatic rings. The topological polar surface area (TPSA) is 62.7 Å². The van der Waals surface area contributed by atoms with Crippen LogP contribution in [0.2, 0.25) is 0 Å². The summed E-state index contributed by atoms with van der Waals surface area (Å²) < 4.78 is 5.19. The fourth-order valence-corrected chi connectivity index (χ4v) is 2.63. The van der Waals surface area contributed by atoms with Crippen molar-refractivity contribution in [2.75, 3.05) is 11.4 Å². The Labute approximate surface area is 141 Å². The standard InChI is InChI=1S/C12H15BN2O3.2C2H6.CH4/c1-8-3-2-6-15(12(8)16)11-9-7-18-13(17)10(9)4-5-14-11;2*1-2;/h4-5,8,17H,2-3,6-7H2,1H3;2*1-2H3;1H4. The molecule has 0 radical (unpaired) electrons. The van der Waals surface area contributed by atoms with E-state index in [1.807, 2.05) is 34.6 Å². The van der Waals surface area contributed by atoms with Crippen LogP contribution in [0.1, 0.15) is 60.5 Å². The molecule has 1 amide bonds. The van der Waals surface area contributed by atoms with Crippen molar-refractivity contribution in [2.45, 2.75) is 61.5 Å². The summed E-state index contributed by atoms with van der Waals surface area (Å²) in [7, 11) is -0.890. The normalized spacial score (nSPS) is 18.9. The third-order valence-electron chi connectivity index (χ3n) is 3.68. The van der Waals surface area contributed by atoms with Gasteiger partial charge in [0.1, 0.15) is 5.82 Å². The minimum atomic E-state index is -0.890. The first-order valence-corrected chi connectivity index (χ1v) is 8.27. The molecule has 0 bridgehead atoms. The lowest BCUT2D eigenvalue weighted by Crippen LogP contribution is -2.42. The molecule has 0 aliphatic carbocycles. The average Bonchev–Trinajstić information content (AvgIpc) is 2.96. The van der Waals surface area contributed by atoms with Gasteiger partial charge in [-0.2, -0.15) is 0 Å². The molecule has 2 aliphatic rings. The first-order valence-electron chi connectivity index (χ1n) is 8.27. The molecule has 3 rings (SSSR count). The van der Waals surface area contributed by atoms with Gasteiger partial charge in [-0.3, -0.25) is 9.69 Å². The maximum absolute atomic E-state index is 12.2. The lowest BCUT2D eigenvalue weighted by molar-refractivity contribution is -0.123. The highest BCUT2D eigenvalue weighted by Crippen LogP contribution is 2.27. The molecule has 1 aromatic heterocycles. The molecule has 1 N–H and O–H groups in total. The zero-order valence-corrected chi connectivity index (χ0v) is 14.3. The van der Waals surface area contributed by atoms with Crippen molar-refractivity contribution in [1.82, 2.24) is 4.98 Å². The number of amides is 1. The largest absolute Gasteiger partial charge is 0.491 e. The third-order valence-corrected chi connectivity index (χ3v) is 3.68. The molecule has 1 saturated heterocycles. The van der Waals surface area contributed by atoms with Crippen LogP contribution >= 0.6 is 0 Å². The Morgan fingerprint density at radius 2 is 2.00 bits per heavy atom. The van der Waals surface area contributed by atoms with Gasteiger partial charge in [0.15, 0.2) is 0 Å². The van der Waals surface area contributed by atoms with Gasteiger partial charge in [-0.1, -0.05) is 42.0 Å². The van der Waals surface area contributed by atoms with Crippen LogP contribution in [0, 0.1) is 5.92 Å². The number of aromatic nitrogens is 1. The monoisotopic (exact) mass is 322 g/mol. The summed E-state index contributed by atoms with van der Waals surface area (Å²) in [6.07, 6.45) is 3.55. The predicted octanol–water partition coefficient (Wildman–Crippen LogP) is 2.75. The van der Waals surface area contributed by atoms with Crippen LogP contribution < -0.4 is 10.4 Å². The maximum atomic E-state index is 12.2. The Morgan fingerprint density at radius 1 is 1.35 bits per heavy atom. The number of rotatable bonds is 1. The van der Waals surface area contributed by atoms with Gasteiger partial charge in [-0.15, -0.1) is 0 Å². The van der Waals surface area contributed by atoms with Gasteiger partial charge in [0.25, 0.3) is 0 Å². The Kier molecular flexibility index (Phi) is 9.76. The summed E-state index contributed by atoms with van der Waals surface area (Å²) in [5.74, 6) is 0.813. The number of piperidine rings is 1. The van der Waals surface area contributed by atoms with Crippen LogP contribution in [0.4, 0.5) is 5.82 Å². The van der Waals surface area contributed by atoms with E-state index in [1.165, 1.54) is 0 Å². The van der Waals surface area contributed by atoms with Crippen LogP contribution in [0.5, 0.6) is 0 Å². The molecule has 3 heterocycles. The number of anilines is 1. The van der Waals surface area contributed by atoms with Crippen molar-refractivity contribution in [3.05, 3.63) is 17.8 Å². The molecule has 5 nitrogen and oxygen atoms in total. The molecule has 0 spiro atoms. The second kappa shape index (κ2) is 10.4. The van der Waals surface area contributed by atoms with E-state index in [0.29, 0.717) is 19.0 Å². The SMILES string of the molecule is C.CC.CC.CC1CCCN(c2nccc3c2COB3O)C1=O. The Bertz CT molecular complexity index is 497. The molecule has 0 aromatic carbocycles. The van der Waals surface area contributed by atoms with E-state index in [1.54, 1.807) is 17.2 Å². The van der Waals surface area contributed by atoms with Crippen molar-refractivity contribution in [1.29, 1.82) is 0 Å². The van der Waals surface area contributed by atoms with Crippen LogP contribution in [-0.4, -0.2) is 29.6 Å². The van der Waals surface area contributed by atoms with Crippen LogP contribution in [0.15, 0.2) is 12.3 Å². The van der Waals surface area contributed by atoms with Crippen LogP contribution in [-0.2, 0) is 16.1 Å². The summed E-state index contributed by atoms with van der Waals surface area (Å²) in [4.78, 5) is 18.2. The van der Waals surface area contributed by atoms with E-state index in [-0.39, 0.29) is 19.3 Å². The first-order chi connectivity index (χ1) is 10.7. The second-order valence-corrected chi connectivity index (χ2v) is 4.90. The number of pyridine rings is 1. The molecule has 23 heavy (non-hydrogen) atoms. The highest BCUT2D eigenvalue weighted by atomic mass is 16.5. The summed E-state index contributed by atoms with van der Waals surface area (Å²) >= 11 is 0. The lowest BCUT2D eigenvalue weighted by atomic mass is 9.80. The van der Waals surface area contributed by atoms with E-state index in [9.17, 15) is 9.82 Å². The predicted molar refractivity (Wildman–Crippen MR) is 96.8 cm³/mol. The summed E-state index contributed by atoms with van der Waals surface area (Å²) in [5.41, 5.74) is 1.57. The Morgan fingerprint density at radius 3 is 2.65 bits per heavy atom. The van der Waals surface area contributed by atoms with Crippen molar-refractivity contribution in [2.24, 2.45) is 5.92 Å². The van der Waals surface area contributed by atoms with Gasteiger partial charge in [0.2, 0.25) is 5.91 Å². The fourth-order valence-electron chi connectivity index (χ4n) is 2.63. The number of nitrogens with zero attached hydrogens (tertiary/aromatic N) is 2. The lowest BCUT2D eigenvalue weighted by Gasteiger charge is -2.30. The zero-order chi connectivity index (χ0) is 16.7. The quantitative estimate of drug-likeness (QED) is 0.808. The van der Waals surface area contributed by atoms with E-state index >= 15 is 0 Å². The number of carbonyl (C=O) groups is 1. The molecule has 2 aliphatic heterocycles. The molecular formula is C17H31BN2O3. The van der Waals surface area contributed by atoms with E-state index in [4.69, 9.17) is 4.65 Å². The molecule has 130 valence electrons. The van der Waals surface area contributed by atoms with Gasteiger partial charge in [-0.05, 0) is 24.4 Å². The molecule has 6 heteroatoms. The van der Waals surface area contributed by atoms with Crippen molar-refractivity contribution >= 4 is 24.3 Å². The maximum Gasteiger partial charge on any atom is 0.491 e. The Hall–Kier alpha value is -1.40. The summed E-state index contributed by atoms with van der Waals surface area (Å²) in [6, 6.07) is 1.74. The fraction of sp³-hybridized carbons (Fsp3) is 0.647. The molecule has 0 saturated carbocycles. The summed E-state index contributed by atoms with van der Waals surface area (Å²) in [6.45, 7) is 11.0. The second-order valence-electron chi connectivity index (χ2n) is 4.90. The van der Waals surface area contributed by atoms with Gasteiger partial charge in [-0.25, -0.2) is 4.98 Å². The van der Waals surface area contributed by atoms with Crippen LogP contribution in [0.25, 0.3) is 0 Å². The highest BCUT2D eigenvalue weighted by molar-refractivity contribution is 6.61. The number of hydrogen-bond acceptors (Lipinski definition) is 4. The highest BCUT2D eigenvalue weighted by Gasteiger charge is 2.34.